The Labute approximate surface area is 217 Å². The molecule has 1 aliphatic rings. The first-order valence-electron chi connectivity index (χ1n) is 12.6. The Bertz CT molecular complexity index is 1200. The quantitative estimate of drug-likeness (QED) is 0.448. The van der Waals surface area contributed by atoms with E-state index in [-0.39, 0.29) is 29.9 Å². The molecule has 1 heterocycles. The van der Waals surface area contributed by atoms with Gasteiger partial charge in [-0.15, -0.1) is 0 Å². The topological polar surface area (TPSA) is 101 Å². The van der Waals surface area contributed by atoms with E-state index in [2.05, 4.69) is 32.2 Å². The molecule has 1 aliphatic carbocycles. The molecule has 8 nitrogen and oxygen atoms in total. The SMILES string of the molecule is COC(=O)c1cc(C(=O)NCC(=O)N(Cc2ccccc2)C2CCCCC2Cc2ccccc2)ncn1. The summed E-state index contributed by atoms with van der Waals surface area (Å²) in [6, 6.07) is 21.6. The Morgan fingerprint density at radius 2 is 1.57 bits per heavy atom. The lowest BCUT2D eigenvalue weighted by atomic mass is 9.79. The molecular formula is C29H32N4O4. The van der Waals surface area contributed by atoms with Crippen LogP contribution < -0.4 is 5.32 Å². The molecule has 8 heteroatoms. The number of esters is 1. The van der Waals surface area contributed by atoms with E-state index in [0.29, 0.717) is 12.5 Å². The first kappa shape index (κ1) is 26.0. The van der Waals surface area contributed by atoms with Gasteiger partial charge >= 0.3 is 5.97 Å². The minimum absolute atomic E-state index is 0.00238. The van der Waals surface area contributed by atoms with Crippen molar-refractivity contribution >= 4 is 17.8 Å². The van der Waals surface area contributed by atoms with Gasteiger partial charge in [0, 0.05) is 18.7 Å². The fourth-order valence-corrected chi connectivity index (χ4v) is 4.97. The maximum absolute atomic E-state index is 13.6. The van der Waals surface area contributed by atoms with Crippen LogP contribution in [0.4, 0.5) is 0 Å². The van der Waals surface area contributed by atoms with E-state index >= 15 is 0 Å². The van der Waals surface area contributed by atoms with Crippen molar-refractivity contribution in [2.24, 2.45) is 5.92 Å². The number of ether oxygens (including phenoxy) is 1. The Morgan fingerprint density at radius 3 is 2.27 bits per heavy atom. The Morgan fingerprint density at radius 1 is 0.919 bits per heavy atom. The van der Waals surface area contributed by atoms with Crippen molar-refractivity contribution < 1.29 is 19.1 Å². The van der Waals surface area contributed by atoms with Crippen molar-refractivity contribution in [2.45, 2.75) is 44.7 Å². The highest BCUT2D eigenvalue weighted by atomic mass is 16.5. The Hall–Kier alpha value is -4.07. The molecule has 3 aromatic rings. The highest BCUT2D eigenvalue weighted by Crippen LogP contribution is 2.32. The molecule has 2 unspecified atom stereocenters. The molecule has 1 saturated carbocycles. The largest absolute Gasteiger partial charge is 0.464 e. The standard InChI is InChI=1S/C29H32N4O4/c1-37-29(36)25-17-24(31-20-32-25)28(35)30-18-27(34)33(19-22-12-6-3-7-13-22)26-15-9-8-14-23(26)16-21-10-4-2-5-11-21/h2-7,10-13,17,20,23,26H,8-9,14-16,18-19H2,1H3,(H,30,35). The molecule has 1 fully saturated rings. The minimum Gasteiger partial charge on any atom is -0.464 e. The Balaban J connectivity index is 1.50. The van der Waals surface area contributed by atoms with Gasteiger partial charge in [0.05, 0.1) is 13.7 Å². The summed E-state index contributed by atoms with van der Waals surface area (Å²) in [7, 11) is 1.24. The third-order valence-electron chi connectivity index (χ3n) is 6.82. The molecule has 37 heavy (non-hydrogen) atoms. The number of nitrogens with zero attached hydrogens (tertiary/aromatic N) is 3. The van der Waals surface area contributed by atoms with E-state index in [1.807, 2.05) is 53.4 Å². The second-order valence-electron chi connectivity index (χ2n) is 9.27. The van der Waals surface area contributed by atoms with Gasteiger partial charge in [0.2, 0.25) is 5.91 Å². The number of amides is 2. The van der Waals surface area contributed by atoms with Crippen LogP contribution in [0.1, 0.15) is 57.8 Å². The van der Waals surface area contributed by atoms with Crippen molar-refractivity contribution in [3.05, 3.63) is 95.6 Å². The zero-order valence-corrected chi connectivity index (χ0v) is 21.0. The summed E-state index contributed by atoms with van der Waals surface area (Å²) < 4.78 is 4.66. The summed E-state index contributed by atoms with van der Waals surface area (Å²) in [5, 5.41) is 2.68. The van der Waals surface area contributed by atoms with Gasteiger partial charge in [0.25, 0.3) is 5.91 Å². The van der Waals surface area contributed by atoms with Crippen LogP contribution in [0.3, 0.4) is 0 Å². The van der Waals surface area contributed by atoms with Gasteiger partial charge in [-0.3, -0.25) is 9.59 Å². The first-order valence-corrected chi connectivity index (χ1v) is 12.6. The van der Waals surface area contributed by atoms with Crippen LogP contribution in [0.2, 0.25) is 0 Å². The zero-order chi connectivity index (χ0) is 26.0. The van der Waals surface area contributed by atoms with E-state index in [1.54, 1.807) is 0 Å². The van der Waals surface area contributed by atoms with Crippen molar-refractivity contribution in [1.82, 2.24) is 20.2 Å². The van der Waals surface area contributed by atoms with E-state index in [0.717, 1.165) is 44.0 Å². The first-order chi connectivity index (χ1) is 18.0. The average Bonchev–Trinajstić information content (AvgIpc) is 2.95. The smallest absolute Gasteiger partial charge is 0.356 e. The summed E-state index contributed by atoms with van der Waals surface area (Å²) in [6.07, 6.45) is 6.24. The summed E-state index contributed by atoms with van der Waals surface area (Å²) >= 11 is 0. The van der Waals surface area contributed by atoms with Gasteiger partial charge < -0.3 is 15.0 Å². The van der Waals surface area contributed by atoms with Gasteiger partial charge in [-0.2, -0.15) is 0 Å². The number of hydrogen-bond donors (Lipinski definition) is 1. The maximum Gasteiger partial charge on any atom is 0.356 e. The summed E-state index contributed by atoms with van der Waals surface area (Å²) in [5.74, 6) is -1.03. The molecule has 192 valence electrons. The molecule has 2 atom stereocenters. The van der Waals surface area contributed by atoms with Gasteiger partial charge in [-0.1, -0.05) is 73.5 Å². The fraction of sp³-hybridized carbons (Fsp3) is 0.345. The highest BCUT2D eigenvalue weighted by Gasteiger charge is 2.33. The highest BCUT2D eigenvalue weighted by molar-refractivity contribution is 5.97. The number of carbonyl (C=O) groups is 3. The summed E-state index contributed by atoms with van der Waals surface area (Å²) in [5.41, 5.74) is 2.29. The lowest BCUT2D eigenvalue weighted by Crippen LogP contribution is -2.49. The third-order valence-corrected chi connectivity index (χ3v) is 6.82. The van der Waals surface area contributed by atoms with E-state index in [9.17, 15) is 14.4 Å². The fourth-order valence-electron chi connectivity index (χ4n) is 4.97. The van der Waals surface area contributed by atoms with Crippen LogP contribution in [-0.2, 0) is 22.5 Å². The predicted molar refractivity (Wildman–Crippen MR) is 139 cm³/mol. The zero-order valence-electron chi connectivity index (χ0n) is 21.0. The molecule has 1 aromatic heterocycles. The molecule has 2 aromatic carbocycles. The molecule has 0 spiro atoms. The molecular weight excluding hydrogens is 468 g/mol. The molecule has 0 saturated heterocycles. The normalized spacial score (nSPS) is 17.0. The summed E-state index contributed by atoms with van der Waals surface area (Å²) in [6.45, 7) is 0.309. The number of rotatable bonds is 9. The maximum atomic E-state index is 13.6. The van der Waals surface area contributed by atoms with Crippen LogP contribution in [0.15, 0.2) is 73.1 Å². The minimum atomic E-state index is -0.664. The molecule has 0 aliphatic heterocycles. The van der Waals surface area contributed by atoms with Crippen LogP contribution in [-0.4, -0.2) is 52.3 Å². The van der Waals surface area contributed by atoms with Crippen LogP contribution in [0.25, 0.3) is 0 Å². The average molecular weight is 501 g/mol. The second-order valence-corrected chi connectivity index (χ2v) is 9.27. The van der Waals surface area contributed by atoms with Crippen LogP contribution in [0.5, 0.6) is 0 Å². The van der Waals surface area contributed by atoms with Crippen molar-refractivity contribution in [3.63, 3.8) is 0 Å². The van der Waals surface area contributed by atoms with Gasteiger partial charge in [0.15, 0.2) is 5.69 Å². The number of benzene rings is 2. The Kier molecular flexibility index (Phi) is 8.97. The number of aromatic nitrogens is 2. The molecule has 1 N–H and O–H groups in total. The second kappa shape index (κ2) is 12.8. The summed E-state index contributed by atoms with van der Waals surface area (Å²) in [4.78, 5) is 47.8. The lowest BCUT2D eigenvalue weighted by molar-refractivity contribution is -0.135. The monoisotopic (exact) mass is 500 g/mol. The number of hydrogen-bond acceptors (Lipinski definition) is 6. The van der Waals surface area contributed by atoms with Crippen LogP contribution in [0, 0.1) is 5.92 Å². The lowest BCUT2D eigenvalue weighted by Gasteiger charge is -2.40. The molecule has 4 rings (SSSR count). The molecule has 0 radical (unpaired) electrons. The van der Waals surface area contributed by atoms with Gasteiger partial charge in [-0.05, 0) is 36.3 Å². The third kappa shape index (κ3) is 7.00. The molecule has 0 bridgehead atoms. The van der Waals surface area contributed by atoms with Crippen molar-refractivity contribution in [3.8, 4) is 0 Å². The predicted octanol–water partition coefficient (Wildman–Crippen LogP) is 3.82. The van der Waals surface area contributed by atoms with Crippen molar-refractivity contribution in [1.29, 1.82) is 0 Å². The van der Waals surface area contributed by atoms with E-state index in [1.165, 1.54) is 18.7 Å². The van der Waals surface area contributed by atoms with E-state index in [4.69, 9.17) is 0 Å². The van der Waals surface area contributed by atoms with Crippen molar-refractivity contribution in [2.75, 3.05) is 13.7 Å². The number of carbonyl (C=O) groups excluding carboxylic acids is 3. The van der Waals surface area contributed by atoms with E-state index < -0.39 is 11.9 Å². The van der Waals surface area contributed by atoms with Gasteiger partial charge in [-0.25, -0.2) is 14.8 Å². The molecule has 2 amide bonds. The number of nitrogens with one attached hydrogen (secondary N) is 1. The number of methoxy groups -OCH3 is 1. The van der Waals surface area contributed by atoms with Crippen LogP contribution >= 0.6 is 0 Å². The van der Waals surface area contributed by atoms with Gasteiger partial charge in [0.1, 0.15) is 12.0 Å².